The highest BCUT2D eigenvalue weighted by atomic mass is 16.6. The van der Waals surface area contributed by atoms with Gasteiger partial charge in [0.25, 0.3) is 0 Å². The molecule has 0 spiro atoms. The number of rotatable bonds is 6. The lowest BCUT2D eigenvalue weighted by Gasteiger charge is -2.19. The molecule has 1 N–H and O–H groups in total. The standard InChI is InChI=1S/C15H25N3O2/c1-15(2,3)20-14(19)17-10-13-9-16-11-18(13)8-4-5-12-6-7-12/h9,11-12H,4-8,10H2,1-3H3,(H,17,19). The van der Waals surface area contributed by atoms with Gasteiger partial charge in [0.15, 0.2) is 0 Å². The van der Waals surface area contributed by atoms with Gasteiger partial charge in [0, 0.05) is 12.7 Å². The first-order chi connectivity index (χ1) is 9.44. The smallest absolute Gasteiger partial charge is 0.407 e. The summed E-state index contributed by atoms with van der Waals surface area (Å²) in [6.45, 7) is 7.00. The number of carbonyl (C=O) groups excluding carboxylic acids is 1. The van der Waals surface area contributed by atoms with E-state index in [2.05, 4.69) is 14.9 Å². The van der Waals surface area contributed by atoms with Gasteiger partial charge in [-0.1, -0.05) is 12.8 Å². The van der Waals surface area contributed by atoms with Gasteiger partial charge in [-0.15, -0.1) is 0 Å². The normalized spacial score (nSPS) is 15.2. The Morgan fingerprint density at radius 3 is 2.90 bits per heavy atom. The van der Waals surface area contributed by atoms with E-state index in [-0.39, 0.29) is 6.09 Å². The molecule has 112 valence electrons. The van der Waals surface area contributed by atoms with Gasteiger partial charge >= 0.3 is 6.09 Å². The molecule has 0 unspecified atom stereocenters. The Balaban J connectivity index is 1.74. The lowest BCUT2D eigenvalue weighted by atomic mass is 10.2. The SMILES string of the molecule is CC(C)(C)OC(=O)NCc1cncn1CCCC1CC1. The number of ether oxygens (including phenoxy) is 1. The van der Waals surface area contributed by atoms with Crippen molar-refractivity contribution in [2.75, 3.05) is 0 Å². The monoisotopic (exact) mass is 279 g/mol. The molecule has 0 aromatic carbocycles. The molecule has 1 aliphatic rings. The summed E-state index contributed by atoms with van der Waals surface area (Å²) in [7, 11) is 0. The van der Waals surface area contributed by atoms with Crippen molar-refractivity contribution in [3.05, 3.63) is 18.2 Å². The molecule has 2 rings (SSSR count). The zero-order valence-electron chi connectivity index (χ0n) is 12.7. The lowest BCUT2D eigenvalue weighted by molar-refractivity contribution is 0.0522. The molecule has 0 aliphatic heterocycles. The average Bonchev–Trinajstić information content (AvgIpc) is 3.03. The topological polar surface area (TPSA) is 56.1 Å². The van der Waals surface area contributed by atoms with Gasteiger partial charge in [-0.3, -0.25) is 0 Å². The summed E-state index contributed by atoms with van der Waals surface area (Å²) in [5.41, 5.74) is 0.556. The van der Waals surface area contributed by atoms with E-state index in [1.54, 1.807) is 6.20 Å². The fourth-order valence-electron chi connectivity index (χ4n) is 2.13. The second-order valence-corrected chi connectivity index (χ2v) is 6.52. The minimum Gasteiger partial charge on any atom is -0.444 e. The van der Waals surface area contributed by atoms with Crippen molar-refractivity contribution >= 4 is 6.09 Å². The number of nitrogens with zero attached hydrogens (tertiary/aromatic N) is 2. The maximum atomic E-state index is 11.6. The van der Waals surface area contributed by atoms with Gasteiger partial charge < -0.3 is 14.6 Å². The molecule has 0 radical (unpaired) electrons. The Kier molecular flexibility index (Phi) is 4.68. The Morgan fingerprint density at radius 2 is 2.25 bits per heavy atom. The van der Waals surface area contributed by atoms with Crippen LogP contribution in [0.25, 0.3) is 0 Å². The van der Waals surface area contributed by atoms with Crippen molar-refractivity contribution < 1.29 is 9.53 Å². The van der Waals surface area contributed by atoms with Crippen LogP contribution in [0.5, 0.6) is 0 Å². The second kappa shape index (κ2) is 6.29. The van der Waals surface area contributed by atoms with Crippen molar-refractivity contribution in [2.45, 2.75) is 65.1 Å². The van der Waals surface area contributed by atoms with Gasteiger partial charge in [0.05, 0.1) is 18.6 Å². The maximum Gasteiger partial charge on any atom is 0.407 e. The molecule has 1 aromatic rings. The van der Waals surface area contributed by atoms with Crippen molar-refractivity contribution in [1.82, 2.24) is 14.9 Å². The predicted octanol–water partition coefficient (Wildman–Crippen LogP) is 3.10. The number of imidazole rings is 1. The Labute approximate surface area is 120 Å². The summed E-state index contributed by atoms with van der Waals surface area (Å²) in [6, 6.07) is 0. The van der Waals surface area contributed by atoms with Crippen LogP contribution in [0.1, 0.15) is 52.1 Å². The highest BCUT2D eigenvalue weighted by molar-refractivity contribution is 5.67. The van der Waals surface area contributed by atoms with Crippen LogP contribution in [0.3, 0.4) is 0 Å². The number of alkyl carbamates (subject to hydrolysis) is 1. The summed E-state index contributed by atoms with van der Waals surface area (Å²) in [6.07, 6.45) is 8.53. The van der Waals surface area contributed by atoms with Crippen LogP contribution in [0, 0.1) is 5.92 Å². The summed E-state index contributed by atoms with van der Waals surface area (Å²) in [5.74, 6) is 0.960. The molecule has 0 saturated heterocycles. The highest BCUT2D eigenvalue weighted by Gasteiger charge is 2.20. The summed E-state index contributed by atoms with van der Waals surface area (Å²) in [4.78, 5) is 15.8. The molecule has 1 amide bonds. The third-order valence-electron chi connectivity index (χ3n) is 3.32. The van der Waals surface area contributed by atoms with Crippen molar-refractivity contribution in [1.29, 1.82) is 0 Å². The van der Waals surface area contributed by atoms with E-state index in [1.807, 2.05) is 27.1 Å². The molecule has 1 heterocycles. The molecule has 1 saturated carbocycles. The lowest BCUT2D eigenvalue weighted by Crippen LogP contribution is -2.32. The van der Waals surface area contributed by atoms with Crippen LogP contribution in [-0.4, -0.2) is 21.2 Å². The number of hydrogen-bond acceptors (Lipinski definition) is 3. The van der Waals surface area contributed by atoms with Gasteiger partial charge in [-0.05, 0) is 39.5 Å². The zero-order valence-corrected chi connectivity index (χ0v) is 12.7. The average molecular weight is 279 g/mol. The van der Waals surface area contributed by atoms with Gasteiger partial charge in [0.1, 0.15) is 5.60 Å². The van der Waals surface area contributed by atoms with E-state index in [9.17, 15) is 4.79 Å². The summed E-state index contributed by atoms with van der Waals surface area (Å²) >= 11 is 0. The third-order valence-corrected chi connectivity index (χ3v) is 3.32. The van der Waals surface area contributed by atoms with Crippen molar-refractivity contribution in [3.8, 4) is 0 Å². The van der Waals surface area contributed by atoms with Crippen LogP contribution in [0.2, 0.25) is 0 Å². The largest absolute Gasteiger partial charge is 0.444 e. The molecular formula is C15H25N3O2. The molecule has 0 atom stereocenters. The molecule has 5 heteroatoms. The Hall–Kier alpha value is -1.52. The van der Waals surface area contributed by atoms with E-state index in [4.69, 9.17) is 4.74 Å². The van der Waals surface area contributed by atoms with E-state index in [1.165, 1.54) is 25.7 Å². The molecule has 0 bridgehead atoms. The van der Waals surface area contributed by atoms with E-state index >= 15 is 0 Å². The summed E-state index contributed by atoms with van der Waals surface area (Å²) in [5, 5.41) is 2.77. The number of aryl methyl sites for hydroxylation is 1. The first-order valence-electron chi connectivity index (χ1n) is 7.40. The summed E-state index contributed by atoms with van der Waals surface area (Å²) < 4.78 is 7.33. The van der Waals surface area contributed by atoms with Crippen LogP contribution in [0.15, 0.2) is 12.5 Å². The zero-order chi connectivity index (χ0) is 14.6. The maximum absolute atomic E-state index is 11.6. The number of hydrogen-bond donors (Lipinski definition) is 1. The first-order valence-corrected chi connectivity index (χ1v) is 7.40. The highest BCUT2D eigenvalue weighted by Crippen LogP contribution is 2.33. The molecule has 1 fully saturated rings. The van der Waals surface area contributed by atoms with E-state index < -0.39 is 5.60 Å². The minimum atomic E-state index is -0.464. The molecule has 1 aromatic heterocycles. The van der Waals surface area contributed by atoms with Gasteiger partial charge in [0.2, 0.25) is 0 Å². The third kappa shape index (κ3) is 5.23. The first kappa shape index (κ1) is 14.9. The minimum absolute atomic E-state index is 0.386. The molecule has 20 heavy (non-hydrogen) atoms. The second-order valence-electron chi connectivity index (χ2n) is 6.52. The fourth-order valence-corrected chi connectivity index (χ4v) is 2.13. The van der Waals surface area contributed by atoms with E-state index in [0.29, 0.717) is 6.54 Å². The Bertz CT molecular complexity index is 444. The molecular weight excluding hydrogens is 254 g/mol. The molecule has 1 aliphatic carbocycles. The quantitative estimate of drug-likeness (QED) is 0.870. The van der Waals surface area contributed by atoms with Crippen molar-refractivity contribution in [2.24, 2.45) is 5.92 Å². The van der Waals surface area contributed by atoms with Crippen molar-refractivity contribution in [3.63, 3.8) is 0 Å². The fraction of sp³-hybridized carbons (Fsp3) is 0.733. The van der Waals surface area contributed by atoms with E-state index in [0.717, 1.165) is 18.2 Å². The Morgan fingerprint density at radius 1 is 1.50 bits per heavy atom. The number of amides is 1. The number of nitrogens with one attached hydrogen (secondary N) is 1. The number of aromatic nitrogens is 2. The van der Waals surface area contributed by atoms with Crippen LogP contribution in [0.4, 0.5) is 4.79 Å². The van der Waals surface area contributed by atoms with Gasteiger partial charge in [-0.2, -0.15) is 0 Å². The van der Waals surface area contributed by atoms with Crippen LogP contribution >= 0.6 is 0 Å². The predicted molar refractivity (Wildman–Crippen MR) is 77.3 cm³/mol. The van der Waals surface area contributed by atoms with Crippen LogP contribution in [-0.2, 0) is 17.8 Å². The van der Waals surface area contributed by atoms with Gasteiger partial charge in [-0.25, -0.2) is 9.78 Å². The number of carbonyl (C=O) groups is 1. The van der Waals surface area contributed by atoms with Crippen LogP contribution < -0.4 is 5.32 Å². The molecule has 5 nitrogen and oxygen atoms in total.